The van der Waals surface area contributed by atoms with Crippen molar-refractivity contribution in [2.45, 2.75) is 67.0 Å². The van der Waals surface area contributed by atoms with Gasteiger partial charge in [-0.05, 0) is 58.2 Å². The molecule has 1 atom stereocenters. The van der Waals surface area contributed by atoms with Crippen LogP contribution in [0.5, 0.6) is 0 Å². The summed E-state index contributed by atoms with van der Waals surface area (Å²) in [5, 5.41) is 5.90. The van der Waals surface area contributed by atoms with Crippen molar-refractivity contribution in [2.75, 3.05) is 6.54 Å². The van der Waals surface area contributed by atoms with E-state index in [1.807, 2.05) is 16.5 Å². The number of rotatable bonds is 3. The summed E-state index contributed by atoms with van der Waals surface area (Å²) in [7, 11) is 0. The summed E-state index contributed by atoms with van der Waals surface area (Å²) in [6, 6.07) is 4.44. The third-order valence-corrected chi connectivity index (χ3v) is 6.61. The minimum Gasteiger partial charge on any atom is -0.358 e. The topological polar surface area (TPSA) is 53.9 Å². The fourth-order valence-corrected chi connectivity index (χ4v) is 4.38. The maximum absolute atomic E-state index is 13.0. The number of amides is 1. The van der Waals surface area contributed by atoms with E-state index in [0.29, 0.717) is 13.0 Å². The number of nitrogens with one attached hydrogen (secondary N) is 1. The minimum atomic E-state index is 0.0640. The zero-order valence-electron chi connectivity index (χ0n) is 17.8. The maximum Gasteiger partial charge on any atom is 0.225 e. The third-order valence-electron chi connectivity index (χ3n) is 6.61. The lowest BCUT2D eigenvalue weighted by Gasteiger charge is -2.28. The number of benzene rings is 1. The van der Waals surface area contributed by atoms with Crippen LogP contribution >= 0.6 is 0 Å². The SMILES string of the molecule is Cc1ccc2c3c([nH]c2c1C)CCN(C(=O)C[C@@H](C)n1nc(C)c(C)c1C)C3. The zero-order valence-corrected chi connectivity index (χ0v) is 17.8. The van der Waals surface area contributed by atoms with Crippen molar-refractivity contribution >= 4 is 16.8 Å². The Kier molecular flexibility index (Phi) is 4.56. The van der Waals surface area contributed by atoms with Crippen molar-refractivity contribution in [3.63, 3.8) is 0 Å². The van der Waals surface area contributed by atoms with Crippen molar-refractivity contribution in [2.24, 2.45) is 0 Å². The predicted octanol–water partition coefficient (Wildman–Crippen LogP) is 4.44. The maximum atomic E-state index is 13.0. The second-order valence-corrected chi connectivity index (χ2v) is 8.37. The fourth-order valence-electron chi connectivity index (χ4n) is 4.38. The van der Waals surface area contributed by atoms with Crippen molar-refractivity contribution < 1.29 is 4.79 Å². The molecule has 5 nitrogen and oxygen atoms in total. The molecule has 3 aromatic rings. The van der Waals surface area contributed by atoms with Crippen LogP contribution in [0.3, 0.4) is 0 Å². The monoisotopic (exact) mass is 378 g/mol. The van der Waals surface area contributed by atoms with E-state index in [0.717, 1.165) is 24.4 Å². The van der Waals surface area contributed by atoms with E-state index in [1.54, 1.807) is 0 Å². The second-order valence-electron chi connectivity index (χ2n) is 8.37. The molecule has 0 saturated heterocycles. The van der Waals surface area contributed by atoms with Crippen LogP contribution in [-0.2, 0) is 17.8 Å². The number of nitrogens with zero attached hydrogens (tertiary/aromatic N) is 3. The number of aryl methyl sites for hydroxylation is 3. The van der Waals surface area contributed by atoms with Crippen LogP contribution in [0, 0.1) is 34.6 Å². The Labute approximate surface area is 166 Å². The number of aromatic nitrogens is 3. The summed E-state index contributed by atoms with van der Waals surface area (Å²) < 4.78 is 2.01. The molecule has 148 valence electrons. The smallest absolute Gasteiger partial charge is 0.225 e. The fraction of sp³-hybridized carbons (Fsp3) is 0.478. The number of carbonyl (C=O) groups excluding carboxylic acids is 1. The normalized spacial score (nSPS) is 15.1. The summed E-state index contributed by atoms with van der Waals surface area (Å²) in [5.74, 6) is 0.210. The van der Waals surface area contributed by atoms with Crippen LogP contribution in [-0.4, -0.2) is 32.1 Å². The molecule has 0 saturated carbocycles. The molecule has 1 amide bonds. The number of aromatic amines is 1. The highest BCUT2D eigenvalue weighted by Gasteiger charge is 2.26. The first-order chi connectivity index (χ1) is 13.3. The highest BCUT2D eigenvalue weighted by molar-refractivity contribution is 5.89. The molecule has 0 radical (unpaired) electrons. The molecule has 1 aromatic carbocycles. The lowest BCUT2D eigenvalue weighted by atomic mass is 10.0. The van der Waals surface area contributed by atoms with Crippen LogP contribution in [0.2, 0.25) is 0 Å². The standard InChI is InChI=1S/C23H30N4O/c1-13-7-8-19-20-12-26(10-9-21(20)24-23(19)15(13)3)22(28)11-14(2)27-18(6)16(4)17(5)25-27/h7-8,14,24H,9-12H2,1-6H3/t14-/m1/s1. The number of hydrogen-bond donors (Lipinski definition) is 1. The van der Waals surface area contributed by atoms with Gasteiger partial charge in [0.25, 0.3) is 0 Å². The van der Waals surface area contributed by atoms with Crippen molar-refractivity contribution in [3.05, 3.63) is 51.5 Å². The lowest BCUT2D eigenvalue weighted by Crippen LogP contribution is -2.36. The van der Waals surface area contributed by atoms with Gasteiger partial charge < -0.3 is 9.88 Å². The van der Waals surface area contributed by atoms with Gasteiger partial charge in [-0.2, -0.15) is 5.10 Å². The molecule has 0 spiro atoms. The van der Waals surface area contributed by atoms with E-state index in [1.165, 1.54) is 38.9 Å². The van der Waals surface area contributed by atoms with E-state index in [4.69, 9.17) is 0 Å². The van der Waals surface area contributed by atoms with Gasteiger partial charge in [0, 0.05) is 53.8 Å². The van der Waals surface area contributed by atoms with Gasteiger partial charge in [-0.25, -0.2) is 0 Å². The van der Waals surface area contributed by atoms with Crippen LogP contribution < -0.4 is 0 Å². The molecule has 0 aliphatic carbocycles. The van der Waals surface area contributed by atoms with Gasteiger partial charge >= 0.3 is 0 Å². The molecule has 4 rings (SSSR count). The summed E-state index contributed by atoms with van der Waals surface area (Å²) in [6.07, 6.45) is 1.37. The van der Waals surface area contributed by atoms with E-state index < -0.39 is 0 Å². The lowest BCUT2D eigenvalue weighted by molar-refractivity contribution is -0.132. The van der Waals surface area contributed by atoms with Gasteiger partial charge in [-0.1, -0.05) is 12.1 Å². The summed E-state index contributed by atoms with van der Waals surface area (Å²) in [6.45, 7) is 14.1. The van der Waals surface area contributed by atoms with Crippen LogP contribution in [0.4, 0.5) is 0 Å². The molecular weight excluding hydrogens is 348 g/mol. The molecule has 1 N–H and O–H groups in total. The van der Waals surface area contributed by atoms with E-state index in [-0.39, 0.29) is 11.9 Å². The van der Waals surface area contributed by atoms with Gasteiger partial charge in [-0.3, -0.25) is 9.48 Å². The second kappa shape index (κ2) is 6.80. The quantitative estimate of drug-likeness (QED) is 0.732. The molecule has 1 aliphatic rings. The third kappa shape index (κ3) is 2.93. The van der Waals surface area contributed by atoms with E-state index in [2.05, 4.69) is 56.8 Å². The molecular formula is C23H30N4O. The first-order valence-electron chi connectivity index (χ1n) is 10.2. The van der Waals surface area contributed by atoms with Crippen LogP contribution in [0.25, 0.3) is 10.9 Å². The van der Waals surface area contributed by atoms with E-state index in [9.17, 15) is 4.79 Å². The Morgan fingerprint density at radius 1 is 1.18 bits per heavy atom. The molecule has 0 unspecified atom stereocenters. The van der Waals surface area contributed by atoms with Gasteiger partial charge in [0.05, 0.1) is 11.7 Å². The molecule has 3 heterocycles. The highest BCUT2D eigenvalue weighted by atomic mass is 16.2. The first-order valence-corrected chi connectivity index (χ1v) is 10.2. The van der Waals surface area contributed by atoms with Gasteiger partial charge in [0.1, 0.15) is 0 Å². The summed E-state index contributed by atoms with van der Waals surface area (Å²) in [4.78, 5) is 18.7. The number of fused-ring (bicyclic) bond motifs is 3. The predicted molar refractivity (Wildman–Crippen MR) is 113 cm³/mol. The zero-order chi connectivity index (χ0) is 20.2. The molecule has 0 bridgehead atoms. The Balaban J connectivity index is 1.54. The van der Waals surface area contributed by atoms with Crippen molar-refractivity contribution in [1.29, 1.82) is 0 Å². The molecule has 1 aliphatic heterocycles. The number of carbonyl (C=O) groups is 1. The highest BCUT2D eigenvalue weighted by Crippen LogP contribution is 2.31. The van der Waals surface area contributed by atoms with E-state index >= 15 is 0 Å². The Hall–Kier alpha value is -2.56. The van der Waals surface area contributed by atoms with Crippen molar-refractivity contribution in [1.82, 2.24) is 19.7 Å². The summed E-state index contributed by atoms with van der Waals surface area (Å²) >= 11 is 0. The average molecular weight is 379 g/mol. The van der Waals surface area contributed by atoms with Gasteiger partial charge in [0.15, 0.2) is 0 Å². The molecule has 0 fully saturated rings. The van der Waals surface area contributed by atoms with Gasteiger partial charge in [0.2, 0.25) is 5.91 Å². The van der Waals surface area contributed by atoms with Crippen LogP contribution in [0.15, 0.2) is 12.1 Å². The first kappa shape index (κ1) is 18.8. The Morgan fingerprint density at radius 2 is 1.93 bits per heavy atom. The molecule has 2 aromatic heterocycles. The molecule has 28 heavy (non-hydrogen) atoms. The van der Waals surface area contributed by atoms with Gasteiger partial charge in [-0.15, -0.1) is 0 Å². The Morgan fingerprint density at radius 3 is 2.61 bits per heavy atom. The number of hydrogen-bond acceptors (Lipinski definition) is 2. The Bertz CT molecular complexity index is 1070. The van der Waals surface area contributed by atoms with Crippen LogP contribution in [0.1, 0.15) is 58.7 Å². The van der Waals surface area contributed by atoms with Crippen molar-refractivity contribution in [3.8, 4) is 0 Å². The minimum absolute atomic E-state index is 0.0640. The molecule has 5 heteroatoms. The average Bonchev–Trinajstić information content (AvgIpc) is 3.17. The largest absolute Gasteiger partial charge is 0.358 e. The number of H-pyrrole nitrogens is 1. The summed E-state index contributed by atoms with van der Waals surface area (Å²) in [5.41, 5.74) is 9.82.